The summed E-state index contributed by atoms with van der Waals surface area (Å²) in [5.41, 5.74) is 2.29. The molecular weight excluding hydrogens is 1090 g/mol. The topological polar surface area (TPSA) is 428 Å². The number of hydrogen-bond donors (Lipinski definition) is 13. The number of aliphatic hydroxyl groups excluding tert-OH is 8. The van der Waals surface area contributed by atoms with E-state index in [1.165, 1.54) is 20.8 Å². The van der Waals surface area contributed by atoms with Gasteiger partial charge in [0.1, 0.15) is 70.0 Å². The highest BCUT2D eigenvalue weighted by atomic mass is 35.5. The molecule has 1 amide bonds. The summed E-state index contributed by atoms with van der Waals surface area (Å²) in [5, 5.41) is 87.6. The second kappa shape index (κ2) is 23.2. The van der Waals surface area contributed by atoms with E-state index in [2.05, 4.69) is 21.9 Å². The minimum absolute atomic E-state index is 0.0777. The number of nitrogen functional groups attached to an aromatic ring is 2. The van der Waals surface area contributed by atoms with E-state index < -0.39 is 185 Å². The van der Waals surface area contributed by atoms with Crippen molar-refractivity contribution in [2.75, 3.05) is 37.9 Å². The zero-order valence-electron chi connectivity index (χ0n) is 40.0. The Hall–Kier alpha value is -5.50. The fourth-order valence-corrected chi connectivity index (χ4v) is 8.68. The molecule has 0 bridgehead atoms. The van der Waals surface area contributed by atoms with Crippen molar-refractivity contribution in [3.8, 4) is 0 Å². The zero-order chi connectivity index (χ0) is 57.5. The Morgan fingerprint density at radius 3 is 1.45 bits per heavy atom. The third-order valence-corrected chi connectivity index (χ3v) is 13.3. The summed E-state index contributed by atoms with van der Waals surface area (Å²) >= 11 is 12.2. The second-order valence-electron chi connectivity index (χ2n) is 18.1. The minimum Gasteiger partial charge on any atom is -0.394 e. The summed E-state index contributed by atoms with van der Waals surface area (Å²) in [5.74, 6) is -6.34. The Labute approximate surface area is 433 Å². The molecule has 5 aliphatic heterocycles. The monoisotopic (exact) mass is 1140 g/mol. The van der Waals surface area contributed by atoms with E-state index in [4.69, 9.17) is 74.0 Å². The molecule has 424 valence electrons. The van der Waals surface area contributed by atoms with Crippen LogP contribution < -0.4 is 39.4 Å². The van der Waals surface area contributed by atoms with Crippen molar-refractivity contribution in [2.45, 2.75) is 122 Å². The number of carbonyl (C=O) groups excluding carboxylic acids is 1. The maximum atomic E-state index is 14.5. The van der Waals surface area contributed by atoms with Gasteiger partial charge >= 0.3 is 17.1 Å². The molecule has 4 fully saturated rings. The van der Waals surface area contributed by atoms with Gasteiger partial charge in [-0.3, -0.25) is 28.3 Å². The number of aromatic nitrogens is 6. The van der Waals surface area contributed by atoms with E-state index in [-0.39, 0.29) is 5.82 Å². The summed E-state index contributed by atoms with van der Waals surface area (Å²) in [6, 6.07) is 0. The van der Waals surface area contributed by atoms with Crippen LogP contribution in [0.25, 0.3) is 0 Å². The third-order valence-electron chi connectivity index (χ3n) is 12.5. The molecule has 3 aromatic rings. The number of carbonyl (C=O) groups is 1. The van der Waals surface area contributed by atoms with Gasteiger partial charge in [0, 0.05) is 6.20 Å². The van der Waals surface area contributed by atoms with Crippen LogP contribution in [-0.4, -0.2) is 188 Å². The van der Waals surface area contributed by atoms with E-state index in [0.717, 1.165) is 39.6 Å². The van der Waals surface area contributed by atoms with Crippen LogP contribution in [0.1, 0.15) is 46.4 Å². The molecule has 28 nitrogen and oxygen atoms in total. The lowest BCUT2D eigenvalue weighted by molar-refractivity contribution is -0.122. The standard InChI is InChI=1S/C11H14F2N2O4.C10H13ClFN3O4.C10H12ClFN2O5.C10H14FN3O5/c1-5-14-9(18)6(12)3-15(5)10-11(2,13)8(17)7(4-16)19-10;1-10(11)6(17)5(3-16)19-8(10)15-2-4(12)7(13)14-9(15)18;1-10(11)6(16)5(3-15)19-8(10)14-2-4(12)7(17)13-9(14)18;1-10(18)6(16)5(3-15)19-8(10)14-2-4(11)7(12)13-9(14)17/h3,7-8,10,16-17H,1,4H2,2H3,(H,14,18);2,5-6,8,16-17H,3H2,1H3,(H2,13,14,18);2,5-6,8,15-16H,3H2,1H3,(H,13,17,18);2,5-6,8,15-16,18H,3H2,1H3,(H2,12,13,17)/t7-,8-,10-,11-;3*5-,6-,8-,10-/m1111/s1. The molecular formula is C41H53Cl2F5N10O18. The smallest absolute Gasteiger partial charge is 0.351 e. The first-order valence-electron chi connectivity index (χ1n) is 22.0. The predicted molar refractivity (Wildman–Crippen MR) is 247 cm³/mol. The van der Waals surface area contributed by atoms with E-state index in [1.807, 2.05) is 0 Å². The number of amides is 1. The normalized spacial score (nSPS) is 35.8. The number of anilines is 2. The molecule has 8 rings (SSSR count). The third kappa shape index (κ3) is 11.8. The Bertz CT molecular complexity index is 2810. The summed E-state index contributed by atoms with van der Waals surface area (Å²) in [6.07, 6.45) is -11.9. The molecule has 16 atom stereocenters. The largest absolute Gasteiger partial charge is 0.394 e. The van der Waals surface area contributed by atoms with Crippen LogP contribution in [0.3, 0.4) is 0 Å². The SMILES string of the molecule is C=C1NC(=O)C(F)=CN1[C@@H]1O[C@H](CO)[C@@H](O)[C@@]1(C)F.C[C@@]1(Cl)[C@H](O)[C@@H](CO)O[C@H]1n1cc(F)c(=O)[nH]c1=O.C[C@@]1(Cl)[C@H](O)[C@@H](CO)O[C@H]1n1cc(F)c(N)nc1=O.C[C@@]1(O)[C@H](O)[C@@H](CO)O[C@H]1n1cc(F)c(N)nc1=O. The van der Waals surface area contributed by atoms with E-state index >= 15 is 0 Å². The van der Waals surface area contributed by atoms with Crippen molar-refractivity contribution in [3.63, 3.8) is 0 Å². The van der Waals surface area contributed by atoms with Gasteiger partial charge in [-0.2, -0.15) is 18.7 Å². The van der Waals surface area contributed by atoms with Crippen molar-refractivity contribution in [1.29, 1.82) is 0 Å². The number of nitrogens with two attached hydrogens (primary N) is 2. The van der Waals surface area contributed by atoms with Crippen molar-refractivity contribution in [1.82, 2.24) is 38.9 Å². The predicted octanol–water partition coefficient (Wildman–Crippen LogP) is -4.39. The Kier molecular flexibility index (Phi) is 18.7. The van der Waals surface area contributed by atoms with Crippen LogP contribution in [0, 0.1) is 17.5 Å². The Balaban J connectivity index is 0.000000187. The molecule has 4 saturated heterocycles. The number of aromatic amines is 1. The highest BCUT2D eigenvalue weighted by Crippen LogP contribution is 2.44. The first-order valence-corrected chi connectivity index (χ1v) is 22.7. The number of halogens is 7. The van der Waals surface area contributed by atoms with Gasteiger partial charge in [0.2, 0.25) is 11.6 Å². The Morgan fingerprint density at radius 1 is 0.645 bits per heavy atom. The highest BCUT2D eigenvalue weighted by Gasteiger charge is 2.58. The average Bonchev–Trinajstić information content (AvgIpc) is 3.92. The maximum Gasteiger partial charge on any atom is 0.351 e. The molecule has 3 aromatic heterocycles. The number of H-pyrrole nitrogens is 1. The van der Waals surface area contributed by atoms with Gasteiger partial charge in [0.15, 0.2) is 53.9 Å². The molecule has 0 spiro atoms. The number of alkyl halides is 3. The number of hydrogen-bond acceptors (Lipinski definition) is 23. The quantitative estimate of drug-likeness (QED) is 0.0748. The molecule has 35 heteroatoms. The highest BCUT2D eigenvalue weighted by molar-refractivity contribution is 6.25. The number of aliphatic hydroxyl groups is 9. The van der Waals surface area contributed by atoms with Crippen LogP contribution in [0.2, 0.25) is 0 Å². The van der Waals surface area contributed by atoms with Gasteiger partial charge in [-0.05, 0) is 27.7 Å². The van der Waals surface area contributed by atoms with E-state index in [0.29, 0.717) is 10.8 Å². The minimum atomic E-state index is -2.27. The molecule has 0 unspecified atom stereocenters. The first-order chi connectivity index (χ1) is 35.1. The first kappa shape index (κ1) is 61.4. The summed E-state index contributed by atoms with van der Waals surface area (Å²) in [6.45, 7) is 6.38. The van der Waals surface area contributed by atoms with Gasteiger partial charge < -0.3 is 86.6 Å². The van der Waals surface area contributed by atoms with Crippen molar-refractivity contribution in [2.24, 2.45) is 0 Å². The lowest BCUT2D eigenvalue weighted by Crippen LogP contribution is -2.51. The fraction of sp³-hybridized carbons (Fsp3) is 0.585. The number of ether oxygens (including phenoxy) is 4. The molecule has 0 aliphatic carbocycles. The fourth-order valence-electron chi connectivity index (χ4n) is 8.09. The van der Waals surface area contributed by atoms with E-state index in [1.54, 1.807) is 4.98 Å². The number of nitrogens with one attached hydrogen (secondary N) is 2. The second-order valence-corrected chi connectivity index (χ2v) is 19.7. The molecule has 8 heterocycles. The molecule has 0 aromatic carbocycles. The number of rotatable bonds is 8. The van der Waals surface area contributed by atoms with Crippen molar-refractivity contribution in [3.05, 3.63) is 102 Å². The molecule has 0 radical (unpaired) electrons. The molecule has 0 saturated carbocycles. The lowest BCUT2D eigenvalue weighted by Gasteiger charge is -2.36. The van der Waals surface area contributed by atoms with Crippen LogP contribution in [-0.2, 0) is 23.7 Å². The van der Waals surface area contributed by atoms with Gasteiger partial charge in [-0.25, -0.2) is 27.6 Å². The summed E-state index contributed by atoms with van der Waals surface area (Å²) in [4.78, 5) is 63.3. The van der Waals surface area contributed by atoms with Crippen LogP contribution in [0.4, 0.5) is 33.6 Å². The molecule has 5 aliphatic rings. The van der Waals surface area contributed by atoms with Crippen LogP contribution in [0.5, 0.6) is 0 Å². The molecule has 76 heavy (non-hydrogen) atoms. The van der Waals surface area contributed by atoms with E-state index in [9.17, 15) is 71.5 Å². The van der Waals surface area contributed by atoms with Crippen LogP contribution in [0.15, 0.2) is 62.2 Å². The van der Waals surface area contributed by atoms with Crippen molar-refractivity contribution >= 4 is 40.7 Å². The number of nitrogens with zero attached hydrogens (tertiary/aromatic N) is 6. The lowest BCUT2D eigenvalue weighted by atomic mass is 9.96. The molecule has 15 N–H and O–H groups in total. The van der Waals surface area contributed by atoms with Crippen molar-refractivity contribution < 1.29 is 91.7 Å². The summed E-state index contributed by atoms with van der Waals surface area (Å²) < 4.78 is 90.7. The zero-order valence-corrected chi connectivity index (χ0v) is 41.5. The van der Waals surface area contributed by atoms with Gasteiger partial charge in [-0.1, -0.05) is 6.58 Å². The Morgan fingerprint density at radius 2 is 1.03 bits per heavy atom. The van der Waals surface area contributed by atoms with Crippen LogP contribution >= 0.6 is 23.2 Å². The van der Waals surface area contributed by atoms with Gasteiger partial charge in [0.25, 0.3) is 11.5 Å². The maximum absolute atomic E-state index is 14.5. The average molecular weight is 1140 g/mol. The summed E-state index contributed by atoms with van der Waals surface area (Å²) in [7, 11) is 0. The van der Waals surface area contributed by atoms with Gasteiger partial charge in [-0.15, -0.1) is 23.2 Å². The van der Waals surface area contributed by atoms with Gasteiger partial charge in [0.05, 0.1) is 45.0 Å².